The Kier molecular flexibility index (Phi) is 2.76. The van der Waals surface area contributed by atoms with Crippen LogP contribution in [-0.4, -0.2) is 9.97 Å². The molecule has 0 radical (unpaired) electrons. The van der Waals surface area contributed by atoms with E-state index in [9.17, 15) is 0 Å². The number of nitrogens with zero attached hydrogens (tertiary/aromatic N) is 1. The van der Waals surface area contributed by atoms with Crippen LogP contribution in [0.2, 0.25) is 5.02 Å². The Hall–Kier alpha value is -1.28. The molecule has 0 fully saturated rings. The molecular formula is C13H15ClN2. The second kappa shape index (κ2) is 3.95. The molecule has 2 rings (SSSR count). The van der Waals surface area contributed by atoms with E-state index in [0.717, 1.165) is 22.1 Å². The smallest absolute Gasteiger partial charge is 0.137 e. The number of hydrogen-bond acceptors (Lipinski definition) is 1. The van der Waals surface area contributed by atoms with Crippen LogP contribution in [-0.2, 0) is 5.41 Å². The van der Waals surface area contributed by atoms with Gasteiger partial charge < -0.3 is 4.98 Å². The van der Waals surface area contributed by atoms with Crippen molar-refractivity contribution in [3.8, 4) is 11.4 Å². The van der Waals surface area contributed by atoms with Gasteiger partial charge in [0.05, 0.1) is 5.69 Å². The van der Waals surface area contributed by atoms with Gasteiger partial charge in [-0.3, -0.25) is 0 Å². The summed E-state index contributed by atoms with van der Waals surface area (Å²) < 4.78 is 0. The Morgan fingerprint density at radius 1 is 1.12 bits per heavy atom. The minimum atomic E-state index is 0.0706. The lowest BCUT2D eigenvalue weighted by Gasteiger charge is -2.13. The first-order valence-electron chi connectivity index (χ1n) is 5.28. The van der Waals surface area contributed by atoms with Crippen LogP contribution in [0.5, 0.6) is 0 Å². The van der Waals surface area contributed by atoms with Crippen LogP contribution in [0.4, 0.5) is 0 Å². The maximum atomic E-state index is 5.85. The molecule has 0 atom stereocenters. The molecule has 84 valence electrons. The average molecular weight is 235 g/mol. The highest BCUT2D eigenvalue weighted by Gasteiger charge is 2.17. The number of benzene rings is 1. The van der Waals surface area contributed by atoms with Gasteiger partial charge in [-0.2, -0.15) is 0 Å². The summed E-state index contributed by atoms with van der Waals surface area (Å²) in [6.07, 6.45) is 1.96. The molecule has 3 heteroatoms. The largest absolute Gasteiger partial charge is 0.344 e. The molecule has 0 bridgehead atoms. The van der Waals surface area contributed by atoms with Gasteiger partial charge in [-0.15, -0.1) is 0 Å². The van der Waals surface area contributed by atoms with Gasteiger partial charge in [-0.1, -0.05) is 32.4 Å². The molecule has 0 amide bonds. The van der Waals surface area contributed by atoms with E-state index in [1.165, 1.54) is 0 Å². The SMILES string of the molecule is CC(C)(C)c1c[nH]c(-c2ccc(Cl)cc2)n1. The van der Waals surface area contributed by atoms with Crippen LogP contribution < -0.4 is 0 Å². The second-order valence-corrected chi connectivity index (χ2v) is 5.33. The van der Waals surface area contributed by atoms with Crippen molar-refractivity contribution in [1.29, 1.82) is 0 Å². The van der Waals surface area contributed by atoms with Crippen molar-refractivity contribution in [1.82, 2.24) is 9.97 Å². The van der Waals surface area contributed by atoms with Crippen LogP contribution in [0, 0.1) is 0 Å². The summed E-state index contributed by atoms with van der Waals surface area (Å²) >= 11 is 5.85. The van der Waals surface area contributed by atoms with Gasteiger partial charge in [0, 0.05) is 22.2 Å². The van der Waals surface area contributed by atoms with Crippen molar-refractivity contribution in [2.24, 2.45) is 0 Å². The minimum Gasteiger partial charge on any atom is -0.344 e. The van der Waals surface area contributed by atoms with Gasteiger partial charge in [-0.05, 0) is 24.3 Å². The van der Waals surface area contributed by atoms with E-state index in [0.29, 0.717) is 0 Å². The fraction of sp³-hybridized carbons (Fsp3) is 0.308. The van der Waals surface area contributed by atoms with Crippen LogP contribution in [0.15, 0.2) is 30.5 Å². The van der Waals surface area contributed by atoms with Crippen molar-refractivity contribution in [2.75, 3.05) is 0 Å². The fourth-order valence-corrected chi connectivity index (χ4v) is 1.59. The highest BCUT2D eigenvalue weighted by atomic mass is 35.5. The third-order valence-corrected chi connectivity index (χ3v) is 2.72. The fourth-order valence-electron chi connectivity index (χ4n) is 1.46. The van der Waals surface area contributed by atoms with E-state index in [4.69, 9.17) is 11.6 Å². The lowest BCUT2D eigenvalue weighted by molar-refractivity contribution is 0.573. The predicted octanol–water partition coefficient (Wildman–Crippen LogP) is 4.03. The summed E-state index contributed by atoms with van der Waals surface area (Å²) in [5, 5.41) is 0.742. The molecule has 0 saturated heterocycles. The Balaban J connectivity index is 2.35. The number of halogens is 1. The van der Waals surface area contributed by atoms with E-state index in [1.807, 2.05) is 30.5 Å². The third-order valence-electron chi connectivity index (χ3n) is 2.46. The summed E-state index contributed by atoms with van der Waals surface area (Å²) in [4.78, 5) is 7.78. The maximum absolute atomic E-state index is 5.85. The lowest BCUT2D eigenvalue weighted by atomic mass is 9.93. The molecule has 0 aliphatic carbocycles. The minimum absolute atomic E-state index is 0.0706. The molecule has 0 unspecified atom stereocenters. The Morgan fingerprint density at radius 2 is 1.75 bits per heavy atom. The second-order valence-electron chi connectivity index (χ2n) is 4.89. The zero-order valence-electron chi connectivity index (χ0n) is 9.71. The van der Waals surface area contributed by atoms with Crippen molar-refractivity contribution < 1.29 is 0 Å². The van der Waals surface area contributed by atoms with Crippen molar-refractivity contribution in [2.45, 2.75) is 26.2 Å². The van der Waals surface area contributed by atoms with Crippen LogP contribution in [0.25, 0.3) is 11.4 Å². The van der Waals surface area contributed by atoms with E-state index in [1.54, 1.807) is 0 Å². The highest BCUT2D eigenvalue weighted by molar-refractivity contribution is 6.30. The van der Waals surface area contributed by atoms with Crippen molar-refractivity contribution in [3.05, 3.63) is 41.2 Å². The lowest BCUT2D eigenvalue weighted by Crippen LogP contribution is -2.11. The standard InChI is InChI=1S/C13H15ClN2/c1-13(2,3)11-8-15-12(16-11)9-4-6-10(14)7-5-9/h4-8H,1-3H3,(H,15,16). The Labute approximate surface area is 101 Å². The van der Waals surface area contributed by atoms with E-state index in [-0.39, 0.29) is 5.41 Å². The van der Waals surface area contributed by atoms with E-state index in [2.05, 4.69) is 30.7 Å². The third kappa shape index (κ3) is 2.27. The number of aromatic nitrogens is 2. The van der Waals surface area contributed by atoms with Gasteiger partial charge in [0.25, 0.3) is 0 Å². The molecule has 16 heavy (non-hydrogen) atoms. The number of H-pyrrole nitrogens is 1. The molecular weight excluding hydrogens is 220 g/mol. The zero-order valence-corrected chi connectivity index (χ0v) is 10.5. The average Bonchev–Trinajstić information content (AvgIpc) is 2.67. The molecule has 0 saturated carbocycles. The van der Waals surface area contributed by atoms with Crippen LogP contribution in [0.1, 0.15) is 26.5 Å². The van der Waals surface area contributed by atoms with Crippen molar-refractivity contribution in [3.63, 3.8) is 0 Å². The first-order chi connectivity index (χ1) is 7.47. The summed E-state index contributed by atoms with van der Waals surface area (Å²) in [6, 6.07) is 7.67. The molecule has 1 aromatic carbocycles. The monoisotopic (exact) mass is 234 g/mol. The van der Waals surface area contributed by atoms with Crippen LogP contribution >= 0.6 is 11.6 Å². The Morgan fingerprint density at radius 3 is 2.25 bits per heavy atom. The van der Waals surface area contributed by atoms with E-state index < -0.39 is 0 Å². The molecule has 1 heterocycles. The first-order valence-corrected chi connectivity index (χ1v) is 5.66. The normalized spacial score (nSPS) is 11.8. The van der Waals surface area contributed by atoms with E-state index >= 15 is 0 Å². The molecule has 0 aliphatic heterocycles. The summed E-state index contributed by atoms with van der Waals surface area (Å²) in [5.41, 5.74) is 2.19. The number of rotatable bonds is 1. The Bertz CT molecular complexity index is 477. The number of nitrogens with one attached hydrogen (secondary N) is 1. The number of aromatic amines is 1. The molecule has 1 N–H and O–H groups in total. The van der Waals surface area contributed by atoms with Gasteiger partial charge >= 0.3 is 0 Å². The molecule has 0 spiro atoms. The zero-order chi connectivity index (χ0) is 11.8. The van der Waals surface area contributed by atoms with Gasteiger partial charge in [0.2, 0.25) is 0 Å². The molecule has 2 nitrogen and oxygen atoms in total. The number of hydrogen-bond donors (Lipinski definition) is 1. The van der Waals surface area contributed by atoms with Gasteiger partial charge in [0.15, 0.2) is 0 Å². The summed E-state index contributed by atoms with van der Waals surface area (Å²) in [6.45, 7) is 6.44. The number of imidazole rings is 1. The van der Waals surface area contributed by atoms with Crippen LogP contribution in [0.3, 0.4) is 0 Å². The predicted molar refractivity (Wildman–Crippen MR) is 67.7 cm³/mol. The quantitative estimate of drug-likeness (QED) is 0.793. The molecule has 0 aliphatic rings. The molecule has 1 aromatic heterocycles. The topological polar surface area (TPSA) is 28.7 Å². The summed E-state index contributed by atoms with van der Waals surface area (Å²) in [5.74, 6) is 0.890. The van der Waals surface area contributed by atoms with Gasteiger partial charge in [0.1, 0.15) is 5.82 Å². The van der Waals surface area contributed by atoms with Crippen molar-refractivity contribution >= 4 is 11.6 Å². The van der Waals surface area contributed by atoms with Gasteiger partial charge in [-0.25, -0.2) is 4.98 Å². The summed E-state index contributed by atoms with van der Waals surface area (Å²) in [7, 11) is 0. The first kappa shape index (κ1) is 11.2. The molecule has 2 aromatic rings. The maximum Gasteiger partial charge on any atom is 0.137 e. The highest BCUT2D eigenvalue weighted by Crippen LogP contribution is 2.24.